The van der Waals surface area contributed by atoms with Crippen molar-refractivity contribution < 1.29 is 14.3 Å². The second-order valence-corrected chi connectivity index (χ2v) is 10.6. The Bertz CT molecular complexity index is 990. The maximum Gasteiger partial charge on any atom is 0.167 e. The SMILES string of the molecule is C=C(OCC)C(C)(C)Oc1c(C)cc(CC[C@H]2CNCC2C(=O)c2ccc(SC)cc2)cc1C. The second-order valence-electron chi connectivity index (χ2n) is 9.68. The lowest BCUT2D eigenvalue weighted by atomic mass is 9.84. The molecule has 0 aromatic heterocycles. The van der Waals surface area contributed by atoms with Crippen LogP contribution in [-0.2, 0) is 11.2 Å². The third kappa shape index (κ3) is 6.25. The molecule has 0 amide bonds. The van der Waals surface area contributed by atoms with Crippen molar-refractivity contribution >= 4 is 17.5 Å². The third-order valence-electron chi connectivity index (χ3n) is 6.72. The Balaban J connectivity index is 1.66. The molecule has 0 radical (unpaired) electrons. The van der Waals surface area contributed by atoms with Crippen molar-refractivity contribution in [1.82, 2.24) is 5.32 Å². The first-order valence-corrected chi connectivity index (χ1v) is 13.4. The molecule has 1 unspecified atom stereocenters. The van der Waals surface area contributed by atoms with Gasteiger partial charge >= 0.3 is 0 Å². The second kappa shape index (κ2) is 11.5. The third-order valence-corrected chi connectivity index (χ3v) is 7.47. The summed E-state index contributed by atoms with van der Waals surface area (Å²) in [5.74, 6) is 2.16. The number of aryl methyl sites for hydroxylation is 3. The Hall–Kier alpha value is -2.24. The van der Waals surface area contributed by atoms with Gasteiger partial charge in [0.15, 0.2) is 11.4 Å². The van der Waals surface area contributed by atoms with Crippen molar-refractivity contribution in [3.63, 3.8) is 0 Å². The van der Waals surface area contributed by atoms with Crippen molar-refractivity contribution in [2.45, 2.75) is 58.0 Å². The number of hydrogen-bond acceptors (Lipinski definition) is 5. The zero-order chi connectivity index (χ0) is 24.9. The van der Waals surface area contributed by atoms with Crippen LogP contribution < -0.4 is 10.1 Å². The van der Waals surface area contributed by atoms with E-state index >= 15 is 0 Å². The summed E-state index contributed by atoms with van der Waals surface area (Å²) < 4.78 is 11.9. The highest BCUT2D eigenvalue weighted by atomic mass is 32.2. The number of carbonyl (C=O) groups is 1. The number of thioether (sulfide) groups is 1. The molecule has 1 N–H and O–H groups in total. The number of nitrogens with one attached hydrogen (secondary N) is 1. The highest BCUT2D eigenvalue weighted by molar-refractivity contribution is 7.98. The van der Waals surface area contributed by atoms with Crippen LogP contribution in [0.1, 0.15) is 54.2 Å². The first-order valence-electron chi connectivity index (χ1n) is 12.2. The van der Waals surface area contributed by atoms with Crippen LogP contribution >= 0.6 is 11.8 Å². The molecule has 1 heterocycles. The Labute approximate surface area is 209 Å². The fourth-order valence-corrected chi connectivity index (χ4v) is 5.08. The van der Waals surface area contributed by atoms with Gasteiger partial charge in [0.25, 0.3) is 0 Å². The largest absolute Gasteiger partial charge is 0.495 e. The first-order chi connectivity index (χ1) is 16.2. The number of hydrogen-bond donors (Lipinski definition) is 1. The fourth-order valence-electron chi connectivity index (χ4n) is 4.67. The van der Waals surface area contributed by atoms with E-state index < -0.39 is 5.60 Å². The minimum Gasteiger partial charge on any atom is -0.495 e. The maximum absolute atomic E-state index is 13.2. The van der Waals surface area contributed by atoms with Gasteiger partial charge in [0.1, 0.15) is 11.5 Å². The molecule has 5 heteroatoms. The molecule has 0 bridgehead atoms. The van der Waals surface area contributed by atoms with E-state index in [2.05, 4.69) is 37.9 Å². The number of Topliss-reactive ketones (excluding diaryl/α,β-unsaturated/α-hetero) is 1. The number of ketones is 1. The Kier molecular flexibility index (Phi) is 8.89. The van der Waals surface area contributed by atoms with Crippen LogP contribution in [0.3, 0.4) is 0 Å². The van der Waals surface area contributed by atoms with Crippen LogP contribution in [-0.4, -0.2) is 37.3 Å². The summed E-state index contributed by atoms with van der Waals surface area (Å²) in [6, 6.07) is 12.4. The predicted octanol–water partition coefficient (Wildman–Crippen LogP) is 6.38. The Morgan fingerprint density at radius 2 is 1.79 bits per heavy atom. The molecule has 4 nitrogen and oxygen atoms in total. The highest BCUT2D eigenvalue weighted by Gasteiger charge is 2.33. The van der Waals surface area contributed by atoms with E-state index in [9.17, 15) is 4.79 Å². The number of carbonyl (C=O) groups excluding carboxylic acids is 1. The lowest BCUT2D eigenvalue weighted by Gasteiger charge is -2.30. The normalized spacial score (nSPS) is 18.1. The van der Waals surface area contributed by atoms with Gasteiger partial charge in [0.05, 0.1) is 6.61 Å². The molecule has 3 rings (SSSR count). The predicted molar refractivity (Wildman–Crippen MR) is 142 cm³/mol. The number of benzene rings is 2. The molecule has 184 valence electrons. The summed E-state index contributed by atoms with van der Waals surface area (Å²) in [5.41, 5.74) is 3.72. The number of rotatable bonds is 11. The molecule has 2 aromatic rings. The first kappa shape index (κ1) is 26.4. The van der Waals surface area contributed by atoms with Crippen molar-refractivity contribution in [2.75, 3.05) is 26.0 Å². The maximum atomic E-state index is 13.2. The minimum absolute atomic E-state index is 0.0373. The van der Waals surface area contributed by atoms with Crippen LogP contribution in [0.25, 0.3) is 0 Å². The van der Waals surface area contributed by atoms with E-state index in [0.717, 1.165) is 48.4 Å². The van der Waals surface area contributed by atoms with Crippen LogP contribution in [0.2, 0.25) is 0 Å². The highest BCUT2D eigenvalue weighted by Crippen LogP contribution is 2.33. The smallest absolute Gasteiger partial charge is 0.167 e. The minimum atomic E-state index is -0.607. The van der Waals surface area contributed by atoms with Crippen LogP contribution in [0.4, 0.5) is 0 Å². The van der Waals surface area contributed by atoms with Crippen LogP contribution in [0, 0.1) is 25.7 Å². The monoisotopic (exact) mass is 481 g/mol. The van der Waals surface area contributed by atoms with E-state index in [1.165, 1.54) is 10.5 Å². The summed E-state index contributed by atoms with van der Waals surface area (Å²) in [7, 11) is 0. The van der Waals surface area contributed by atoms with Gasteiger partial charge in [-0.05, 0) is 95.0 Å². The molecule has 2 atom stereocenters. The van der Waals surface area contributed by atoms with Gasteiger partial charge in [0, 0.05) is 22.9 Å². The van der Waals surface area contributed by atoms with Crippen LogP contribution in [0.15, 0.2) is 53.6 Å². The van der Waals surface area contributed by atoms with E-state index in [0.29, 0.717) is 18.3 Å². The van der Waals surface area contributed by atoms with E-state index in [1.807, 2.05) is 51.3 Å². The Morgan fingerprint density at radius 3 is 2.38 bits per heavy atom. The zero-order valence-electron chi connectivity index (χ0n) is 21.5. The molecule has 34 heavy (non-hydrogen) atoms. The number of ether oxygens (including phenoxy) is 2. The van der Waals surface area contributed by atoms with Crippen LogP contribution in [0.5, 0.6) is 5.75 Å². The summed E-state index contributed by atoms with van der Waals surface area (Å²) in [4.78, 5) is 14.4. The van der Waals surface area contributed by atoms with E-state index in [4.69, 9.17) is 9.47 Å². The molecule has 1 saturated heterocycles. The molecule has 1 aliphatic heterocycles. The summed E-state index contributed by atoms with van der Waals surface area (Å²) in [6.07, 6.45) is 3.98. The van der Waals surface area contributed by atoms with Gasteiger partial charge in [-0.25, -0.2) is 0 Å². The van der Waals surface area contributed by atoms with Gasteiger partial charge < -0.3 is 14.8 Å². The average molecular weight is 482 g/mol. The zero-order valence-corrected chi connectivity index (χ0v) is 22.3. The average Bonchev–Trinajstić information content (AvgIpc) is 3.28. The lowest BCUT2D eigenvalue weighted by Crippen LogP contribution is -2.32. The topological polar surface area (TPSA) is 47.6 Å². The van der Waals surface area contributed by atoms with Gasteiger partial charge in [-0.1, -0.05) is 30.8 Å². The molecular formula is C29H39NO3S. The van der Waals surface area contributed by atoms with Crippen molar-refractivity contribution in [2.24, 2.45) is 11.8 Å². The van der Waals surface area contributed by atoms with Crippen molar-refractivity contribution in [1.29, 1.82) is 0 Å². The molecular weight excluding hydrogens is 442 g/mol. The molecule has 1 fully saturated rings. The van der Waals surface area contributed by atoms with Crippen molar-refractivity contribution in [3.8, 4) is 5.75 Å². The molecule has 1 aliphatic rings. The Morgan fingerprint density at radius 1 is 1.15 bits per heavy atom. The standard InChI is InChI=1S/C29H39NO3S/c1-8-32-21(4)29(5,6)33-28-19(2)15-22(16-20(28)3)9-10-24-17-30-18-26(24)27(31)23-11-13-25(34-7)14-12-23/h11-16,24,26,30H,4,8-10,17-18H2,1-3,5-7H3/t24-,26?/m0/s1. The molecule has 0 aliphatic carbocycles. The quantitative estimate of drug-likeness (QED) is 0.229. The fraction of sp³-hybridized carbons (Fsp3) is 0.483. The summed E-state index contributed by atoms with van der Waals surface area (Å²) in [5, 5.41) is 3.45. The van der Waals surface area contributed by atoms with Gasteiger partial charge in [-0.3, -0.25) is 4.79 Å². The molecule has 0 spiro atoms. The summed E-state index contributed by atoms with van der Waals surface area (Å²) >= 11 is 1.69. The molecule has 2 aromatic carbocycles. The summed E-state index contributed by atoms with van der Waals surface area (Å²) in [6.45, 7) is 16.4. The van der Waals surface area contributed by atoms with Gasteiger partial charge in [-0.15, -0.1) is 11.8 Å². The van der Waals surface area contributed by atoms with Crippen molar-refractivity contribution in [3.05, 3.63) is 71.0 Å². The van der Waals surface area contributed by atoms with Gasteiger partial charge in [-0.2, -0.15) is 0 Å². The molecule has 0 saturated carbocycles. The van der Waals surface area contributed by atoms with E-state index in [-0.39, 0.29) is 11.7 Å². The lowest BCUT2D eigenvalue weighted by molar-refractivity contribution is 0.0631. The van der Waals surface area contributed by atoms with E-state index in [1.54, 1.807) is 11.8 Å². The van der Waals surface area contributed by atoms with Gasteiger partial charge in [0.2, 0.25) is 0 Å².